The standard InChI is InChI=1S/C17H17NO4/c1-21-16(20)13-12-7-8-17(22-12)10-18(15(19)14(13)17)9-11-5-3-2-4-6-11/h2-8,12-14H,9-10H2,1H3/t12-,13-,14+,17-/m1/s1. The Morgan fingerprint density at radius 1 is 1.41 bits per heavy atom. The number of ether oxygens (including phenoxy) is 2. The Bertz CT molecular complexity index is 656. The van der Waals surface area contributed by atoms with Crippen LogP contribution in [0.4, 0.5) is 0 Å². The second-order valence-electron chi connectivity index (χ2n) is 6.10. The van der Waals surface area contributed by atoms with Gasteiger partial charge in [-0.25, -0.2) is 0 Å². The van der Waals surface area contributed by atoms with E-state index >= 15 is 0 Å². The molecule has 2 fully saturated rings. The Labute approximate surface area is 128 Å². The van der Waals surface area contributed by atoms with Crippen molar-refractivity contribution >= 4 is 11.9 Å². The molecule has 22 heavy (non-hydrogen) atoms. The molecule has 0 aliphatic carbocycles. The molecule has 1 aromatic carbocycles. The third kappa shape index (κ3) is 1.75. The zero-order chi connectivity index (χ0) is 15.3. The molecule has 114 valence electrons. The van der Waals surface area contributed by atoms with Gasteiger partial charge in [-0.05, 0) is 5.56 Å². The maximum atomic E-state index is 12.8. The molecule has 3 heterocycles. The van der Waals surface area contributed by atoms with Crippen LogP contribution in [-0.4, -0.2) is 42.1 Å². The quantitative estimate of drug-likeness (QED) is 0.620. The van der Waals surface area contributed by atoms with E-state index in [-0.39, 0.29) is 18.0 Å². The molecule has 1 aromatic rings. The molecule has 0 saturated carbocycles. The maximum absolute atomic E-state index is 12.8. The number of fused-ring (bicyclic) bond motifs is 1. The van der Waals surface area contributed by atoms with Gasteiger partial charge in [0.15, 0.2) is 0 Å². The Hall–Kier alpha value is -2.14. The highest BCUT2D eigenvalue weighted by molar-refractivity contribution is 5.91. The number of nitrogens with zero attached hydrogens (tertiary/aromatic N) is 1. The molecule has 0 N–H and O–H groups in total. The highest BCUT2D eigenvalue weighted by Gasteiger charge is 2.67. The normalized spacial score (nSPS) is 35.0. The van der Waals surface area contributed by atoms with Crippen LogP contribution in [0.5, 0.6) is 0 Å². The lowest BCUT2D eigenvalue weighted by Crippen LogP contribution is -2.39. The van der Waals surface area contributed by atoms with E-state index in [1.807, 2.05) is 42.5 Å². The molecule has 4 rings (SSSR count). The van der Waals surface area contributed by atoms with Crippen molar-refractivity contribution in [1.82, 2.24) is 4.90 Å². The molecular weight excluding hydrogens is 282 g/mol. The lowest BCUT2D eigenvalue weighted by molar-refractivity contribution is -0.151. The highest BCUT2D eigenvalue weighted by atomic mass is 16.5. The number of rotatable bonds is 3. The van der Waals surface area contributed by atoms with Crippen LogP contribution in [0.1, 0.15) is 5.56 Å². The first-order valence-electron chi connectivity index (χ1n) is 7.42. The molecule has 3 aliphatic rings. The summed E-state index contributed by atoms with van der Waals surface area (Å²) in [4.78, 5) is 26.6. The number of benzene rings is 1. The third-order valence-electron chi connectivity index (χ3n) is 4.87. The predicted molar refractivity (Wildman–Crippen MR) is 77.6 cm³/mol. The van der Waals surface area contributed by atoms with Crippen molar-refractivity contribution in [3.63, 3.8) is 0 Å². The average Bonchev–Trinajstić information content (AvgIpc) is 3.16. The first-order valence-corrected chi connectivity index (χ1v) is 7.42. The molecule has 0 unspecified atom stereocenters. The van der Waals surface area contributed by atoms with Gasteiger partial charge in [0.05, 0.1) is 25.7 Å². The minimum absolute atomic E-state index is 0.0221. The number of likely N-dealkylation sites (tertiary alicyclic amines) is 1. The summed E-state index contributed by atoms with van der Waals surface area (Å²) < 4.78 is 10.9. The van der Waals surface area contributed by atoms with Crippen LogP contribution >= 0.6 is 0 Å². The van der Waals surface area contributed by atoms with Crippen LogP contribution in [0, 0.1) is 11.8 Å². The zero-order valence-corrected chi connectivity index (χ0v) is 12.3. The van der Waals surface area contributed by atoms with Crippen LogP contribution in [0.25, 0.3) is 0 Å². The molecular formula is C17H17NO4. The maximum Gasteiger partial charge on any atom is 0.312 e. The number of methoxy groups -OCH3 is 1. The van der Waals surface area contributed by atoms with Crippen LogP contribution < -0.4 is 0 Å². The van der Waals surface area contributed by atoms with Gasteiger partial charge in [-0.1, -0.05) is 42.5 Å². The Kier molecular flexibility index (Phi) is 2.87. The van der Waals surface area contributed by atoms with Gasteiger partial charge < -0.3 is 14.4 Å². The highest BCUT2D eigenvalue weighted by Crippen LogP contribution is 2.52. The summed E-state index contributed by atoms with van der Waals surface area (Å²) in [6.07, 6.45) is 3.50. The minimum atomic E-state index is -0.657. The summed E-state index contributed by atoms with van der Waals surface area (Å²) in [5, 5.41) is 0. The molecule has 1 amide bonds. The van der Waals surface area contributed by atoms with Crippen molar-refractivity contribution in [2.75, 3.05) is 13.7 Å². The number of amides is 1. The van der Waals surface area contributed by atoms with E-state index in [4.69, 9.17) is 9.47 Å². The number of carbonyl (C=O) groups is 2. The second-order valence-corrected chi connectivity index (χ2v) is 6.10. The molecule has 0 radical (unpaired) electrons. The number of hydrogen-bond donors (Lipinski definition) is 0. The van der Waals surface area contributed by atoms with Crippen LogP contribution in [-0.2, 0) is 25.6 Å². The van der Waals surface area contributed by atoms with Crippen molar-refractivity contribution in [1.29, 1.82) is 0 Å². The molecule has 0 aromatic heterocycles. The Morgan fingerprint density at radius 2 is 2.18 bits per heavy atom. The topological polar surface area (TPSA) is 55.8 Å². The van der Waals surface area contributed by atoms with Crippen LogP contribution in [0.2, 0.25) is 0 Å². The van der Waals surface area contributed by atoms with Gasteiger partial charge in [0.25, 0.3) is 0 Å². The van der Waals surface area contributed by atoms with E-state index in [1.54, 1.807) is 4.90 Å². The lowest BCUT2D eigenvalue weighted by Gasteiger charge is -2.22. The largest absolute Gasteiger partial charge is 0.469 e. The van der Waals surface area contributed by atoms with E-state index in [9.17, 15) is 9.59 Å². The fourth-order valence-corrected chi connectivity index (χ4v) is 3.92. The van der Waals surface area contributed by atoms with Gasteiger partial charge in [-0.3, -0.25) is 9.59 Å². The van der Waals surface area contributed by atoms with Gasteiger partial charge >= 0.3 is 5.97 Å². The average molecular weight is 299 g/mol. The van der Waals surface area contributed by atoms with Crippen molar-refractivity contribution in [3.8, 4) is 0 Å². The van der Waals surface area contributed by atoms with E-state index in [2.05, 4.69) is 0 Å². The summed E-state index contributed by atoms with van der Waals surface area (Å²) in [6.45, 7) is 1.03. The van der Waals surface area contributed by atoms with Gasteiger partial charge in [-0.15, -0.1) is 0 Å². The van der Waals surface area contributed by atoms with Gasteiger partial charge in [0.2, 0.25) is 5.91 Å². The van der Waals surface area contributed by atoms with Crippen LogP contribution in [0.15, 0.2) is 42.5 Å². The molecule has 4 atom stereocenters. The molecule has 3 aliphatic heterocycles. The first kappa shape index (κ1) is 13.5. The summed E-state index contributed by atoms with van der Waals surface area (Å²) in [5.41, 5.74) is 0.412. The Balaban J connectivity index is 1.62. The minimum Gasteiger partial charge on any atom is -0.469 e. The summed E-state index contributed by atoms with van der Waals surface area (Å²) in [5.74, 6) is -1.37. The van der Waals surface area contributed by atoms with Crippen molar-refractivity contribution < 1.29 is 19.1 Å². The Morgan fingerprint density at radius 3 is 2.91 bits per heavy atom. The molecule has 2 saturated heterocycles. The van der Waals surface area contributed by atoms with Crippen LogP contribution in [0.3, 0.4) is 0 Å². The monoisotopic (exact) mass is 299 g/mol. The van der Waals surface area contributed by atoms with Gasteiger partial charge in [0.1, 0.15) is 11.5 Å². The van der Waals surface area contributed by atoms with E-state index < -0.39 is 17.4 Å². The fourth-order valence-electron chi connectivity index (χ4n) is 3.92. The molecule has 5 nitrogen and oxygen atoms in total. The van der Waals surface area contributed by atoms with E-state index in [1.165, 1.54) is 7.11 Å². The van der Waals surface area contributed by atoms with Crippen molar-refractivity contribution in [2.24, 2.45) is 11.8 Å². The van der Waals surface area contributed by atoms with Gasteiger partial charge in [-0.2, -0.15) is 0 Å². The molecule has 2 bridgehead atoms. The second kappa shape index (κ2) is 4.68. The van der Waals surface area contributed by atoms with Crippen molar-refractivity contribution in [3.05, 3.63) is 48.0 Å². The molecule has 5 heteroatoms. The third-order valence-corrected chi connectivity index (χ3v) is 4.87. The van der Waals surface area contributed by atoms with Crippen molar-refractivity contribution in [2.45, 2.75) is 18.2 Å². The first-order chi connectivity index (χ1) is 10.6. The summed E-state index contributed by atoms with van der Waals surface area (Å²) in [7, 11) is 1.35. The smallest absolute Gasteiger partial charge is 0.312 e. The summed E-state index contributed by atoms with van der Waals surface area (Å²) >= 11 is 0. The lowest BCUT2D eigenvalue weighted by atomic mass is 9.77. The fraction of sp³-hybridized carbons (Fsp3) is 0.412. The number of esters is 1. The van der Waals surface area contributed by atoms with E-state index in [0.29, 0.717) is 13.1 Å². The number of hydrogen-bond acceptors (Lipinski definition) is 4. The molecule has 1 spiro atoms. The number of carbonyl (C=O) groups excluding carboxylic acids is 2. The SMILES string of the molecule is COC(=O)[C@H]1[C@H]2C(=O)N(Cc3ccccc3)C[C@]23C=C[C@H]1O3. The van der Waals surface area contributed by atoms with Gasteiger partial charge in [0, 0.05) is 6.54 Å². The summed E-state index contributed by atoms with van der Waals surface area (Å²) in [6, 6.07) is 9.84. The zero-order valence-electron chi connectivity index (χ0n) is 12.3. The predicted octanol–water partition coefficient (Wildman–Crippen LogP) is 1.14. The van der Waals surface area contributed by atoms with E-state index in [0.717, 1.165) is 5.56 Å².